The Bertz CT molecular complexity index is 1220. The van der Waals surface area contributed by atoms with Crippen molar-refractivity contribution in [2.45, 2.75) is 19.1 Å². The zero-order chi connectivity index (χ0) is 23.1. The Morgan fingerprint density at radius 1 is 0.909 bits per heavy atom. The molecule has 0 bridgehead atoms. The number of hydrogen-bond donors (Lipinski definition) is 0. The van der Waals surface area contributed by atoms with Crippen LogP contribution in [0, 0.1) is 5.92 Å². The molecule has 0 aromatic heterocycles. The number of hydroxylamine groups is 1. The van der Waals surface area contributed by atoms with Crippen LogP contribution < -0.4 is 14.7 Å². The summed E-state index contributed by atoms with van der Waals surface area (Å²) >= 11 is 12.7. The minimum absolute atomic E-state index is 0.354. The first kappa shape index (κ1) is 21.8. The molecule has 0 aliphatic carbocycles. The van der Waals surface area contributed by atoms with Gasteiger partial charge < -0.3 is 4.74 Å². The lowest BCUT2D eigenvalue weighted by atomic mass is 9.90. The molecule has 2 amide bonds. The third kappa shape index (κ3) is 3.74. The van der Waals surface area contributed by atoms with E-state index in [2.05, 4.69) is 0 Å². The summed E-state index contributed by atoms with van der Waals surface area (Å²) < 4.78 is 5.54. The Morgan fingerprint density at radius 2 is 1.67 bits per heavy atom. The van der Waals surface area contributed by atoms with Gasteiger partial charge in [0.25, 0.3) is 5.91 Å². The highest BCUT2D eigenvalue weighted by atomic mass is 35.5. The van der Waals surface area contributed by atoms with Gasteiger partial charge in [-0.15, -0.1) is 0 Å². The van der Waals surface area contributed by atoms with Crippen molar-refractivity contribution in [3.8, 4) is 5.75 Å². The highest BCUT2D eigenvalue weighted by Gasteiger charge is 2.60. The maximum Gasteiger partial charge on any atom is 0.266 e. The summed E-state index contributed by atoms with van der Waals surface area (Å²) in [4.78, 5) is 34.4. The van der Waals surface area contributed by atoms with Gasteiger partial charge in [-0.2, -0.15) is 0 Å². The van der Waals surface area contributed by atoms with Crippen LogP contribution in [0.5, 0.6) is 5.75 Å². The summed E-state index contributed by atoms with van der Waals surface area (Å²) in [6.07, 6.45) is -0.981. The summed E-state index contributed by atoms with van der Waals surface area (Å²) in [5, 5.41) is 2.48. The number of fused-ring (bicyclic) bond motifs is 1. The maximum atomic E-state index is 13.7. The Morgan fingerprint density at radius 3 is 2.39 bits per heavy atom. The number of amides is 2. The van der Waals surface area contributed by atoms with E-state index in [1.807, 2.05) is 37.3 Å². The van der Waals surface area contributed by atoms with Gasteiger partial charge in [0.15, 0.2) is 6.10 Å². The second-order valence-electron chi connectivity index (χ2n) is 7.77. The van der Waals surface area contributed by atoms with E-state index in [4.69, 9.17) is 32.8 Å². The Labute approximate surface area is 201 Å². The molecular formula is C25H20Cl2N2O4. The molecule has 6 nitrogen and oxygen atoms in total. The molecule has 2 aliphatic rings. The van der Waals surface area contributed by atoms with Crippen LogP contribution in [0.25, 0.3) is 0 Å². The standard InChI is InChI=1S/C25H20Cl2N2O4/c1-2-32-18-10-6-9-17(14-18)28-24(30)21-22(19-12-11-15(26)13-20(19)27)29(33-23(21)25(28)31)16-7-4-3-5-8-16/h3-14,21-23H,2H2,1H3/t21-,22+,23-/m1/s1. The lowest BCUT2D eigenvalue weighted by molar-refractivity contribution is -0.126. The smallest absolute Gasteiger partial charge is 0.266 e. The van der Waals surface area contributed by atoms with E-state index in [1.165, 1.54) is 4.90 Å². The second kappa shape index (κ2) is 8.71. The molecule has 2 saturated heterocycles. The SMILES string of the molecule is CCOc1cccc(N2C(=O)[C@H]3[C@@H](ON(c4ccccc4)[C@H]3c3ccc(Cl)cc3Cl)C2=O)c1. The van der Waals surface area contributed by atoms with E-state index in [-0.39, 0.29) is 5.91 Å². The van der Waals surface area contributed by atoms with Crippen LogP contribution in [0.15, 0.2) is 72.8 Å². The highest BCUT2D eigenvalue weighted by Crippen LogP contribution is 2.49. The van der Waals surface area contributed by atoms with Crippen molar-refractivity contribution >= 4 is 46.4 Å². The zero-order valence-corrected chi connectivity index (χ0v) is 19.2. The number of ether oxygens (including phenoxy) is 1. The number of carbonyl (C=O) groups is 2. The number of para-hydroxylation sites is 1. The van der Waals surface area contributed by atoms with E-state index in [9.17, 15) is 9.59 Å². The normalized spacial score (nSPS) is 22.1. The number of anilines is 2. The van der Waals surface area contributed by atoms with Crippen LogP contribution in [0.3, 0.4) is 0 Å². The molecule has 2 aliphatic heterocycles. The van der Waals surface area contributed by atoms with Gasteiger partial charge in [-0.3, -0.25) is 14.4 Å². The van der Waals surface area contributed by atoms with Crippen molar-refractivity contribution in [1.82, 2.24) is 0 Å². The number of nitrogens with zero attached hydrogens (tertiary/aromatic N) is 2. The number of rotatable bonds is 5. The minimum Gasteiger partial charge on any atom is -0.494 e. The summed E-state index contributed by atoms with van der Waals surface area (Å²) in [5.74, 6) is -0.982. The molecule has 168 valence electrons. The molecule has 0 spiro atoms. The number of hydrogen-bond acceptors (Lipinski definition) is 5. The number of benzene rings is 3. The largest absolute Gasteiger partial charge is 0.494 e. The van der Waals surface area contributed by atoms with Crippen LogP contribution in [-0.4, -0.2) is 24.5 Å². The second-order valence-corrected chi connectivity index (χ2v) is 8.61. The Kier molecular flexibility index (Phi) is 5.74. The third-order valence-corrected chi connectivity index (χ3v) is 6.36. The van der Waals surface area contributed by atoms with E-state index < -0.39 is 24.0 Å². The lowest BCUT2D eigenvalue weighted by Crippen LogP contribution is -2.37. The summed E-state index contributed by atoms with van der Waals surface area (Å²) in [6, 6.07) is 20.7. The van der Waals surface area contributed by atoms with Gasteiger partial charge in [-0.1, -0.05) is 53.5 Å². The van der Waals surface area contributed by atoms with E-state index >= 15 is 0 Å². The van der Waals surface area contributed by atoms with Crippen molar-refractivity contribution in [3.63, 3.8) is 0 Å². The third-order valence-electron chi connectivity index (χ3n) is 5.79. The van der Waals surface area contributed by atoms with Gasteiger partial charge in [0, 0.05) is 16.1 Å². The van der Waals surface area contributed by atoms with Crippen molar-refractivity contribution in [3.05, 3.63) is 88.4 Å². The van der Waals surface area contributed by atoms with Gasteiger partial charge in [0.05, 0.1) is 24.0 Å². The molecule has 8 heteroatoms. The fourth-order valence-corrected chi connectivity index (χ4v) is 4.92. The van der Waals surface area contributed by atoms with Crippen molar-refractivity contribution < 1.29 is 19.2 Å². The topological polar surface area (TPSA) is 59.1 Å². The Hall–Kier alpha value is -3.06. The van der Waals surface area contributed by atoms with E-state index in [0.29, 0.717) is 39.3 Å². The van der Waals surface area contributed by atoms with Crippen LogP contribution in [0.2, 0.25) is 10.0 Å². The maximum absolute atomic E-state index is 13.7. The van der Waals surface area contributed by atoms with Crippen LogP contribution in [0.1, 0.15) is 18.5 Å². The number of carbonyl (C=O) groups excluding carboxylic acids is 2. The summed E-state index contributed by atoms with van der Waals surface area (Å²) in [7, 11) is 0. The van der Waals surface area contributed by atoms with Gasteiger partial charge >= 0.3 is 0 Å². The number of halogens is 2. The Balaban J connectivity index is 1.58. The fraction of sp³-hybridized carbons (Fsp3) is 0.200. The first-order valence-corrected chi connectivity index (χ1v) is 11.3. The molecule has 5 rings (SSSR count). The van der Waals surface area contributed by atoms with Gasteiger partial charge in [-0.05, 0) is 48.9 Å². The quantitative estimate of drug-likeness (QED) is 0.453. The monoisotopic (exact) mass is 482 g/mol. The first-order chi connectivity index (χ1) is 16.0. The molecule has 0 unspecified atom stereocenters. The fourth-order valence-electron chi connectivity index (χ4n) is 4.40. The van der Waals surface area contributed by atoms with Crippen molar-refractivity contribution in [1.29, 1.82) is 0 Å². The number of imide groups is 1. The molecule has 33 heavy (non-hydrogen) atoms. The average molecular weight is 483 g/mol. The lowest BCUT2D eigenvalue weighted by Gasteiger charge is -2.29. The van der Waals surface area contributed by atoms with Gasteiger partial charge in [0.2, 0.25) is 5.91 Å². The minimum atomic E-state index is -0.981. The molecule has 2 fully saturated rings. The molecular weight excluding hydrogens is 463 g/mol. The van der Waals surface area contributed by atoms with Crippen LogP contribution >= 0.6 is 23.2 Å². The summed E-state index contributed by atoms with van der Waals surface area (Å²) in [6.45, 7) is 2.35. The average Bonchev–Trinajstić information content (AvgIpc) is 3.31. The highest BCUT2D eigenvalue weighted by molar-refractivity contribution is 6.35. The predicted octanol–water partition coefficient (Wildman–Crippen LogP) is 5.44. The van der Waals surface area contributed by atoms with E-state index in [0.717, 1.165) is 0 Å². The predicted molar refractivity (Wildman–Crippen MR) is 127 cm³/mol. The molecule has 0 saturated carbocycles. The van der Waals surface area contributed by atoms with Gasteiger partial charge in [-0.25, -0.2) is 9.96 Å². The van der Waals surface area contributed by atoms with E-state index in [1.54, 1.807) is 47.5 Å². The zero-order valence-electron chi connectivity index (χ0n) is 17.7. The summed E-state index contributed by atoms with van der Waals surface area (Å²) in [5.41, 5.74) is 1.82. The molecule has 3 aromatic carbocycles. The molecule has 2 heterocycles. The van der Waals surface area contributed by atoms with Crippen LogP contribution in [-0.2, 0) is 14.4 Å². The van der Waals surface area contributed by atoms with Crippen LogP contribution in [0.4, 0.5) is 11.4 Å². The van der Waals surface area contributed by atoms with Crippen molar-refractivity contribution in [2.24, 2.45) is 5.92 Å². The molecule has 3 aromatic rings. The first-order valence-electron chi connectivity index (χ1n) is 10.6. The molecule has 0 N–H and O–H groups in total. The molecule has 3 atom stereocenters. The molecule has 0 radical (unpaired) electrons. The van der Waals surface area contributed by atoms with Crippen molar-refractivity contribution in [2.75, 3.05) is 16.6 Å². The van der Waals surface area contributed by atoms with Gasteiger partial charge in [0.1, 0.15) is 11.7 Å².